The number of halogens is 3. The number of piperazine rings is 1. The molecule has 0 saturated carbocycles. The van der Waals surface area contributed by atoms with E-state index in [4.69, 9.17) is 27.9 Å². The maximum absolute atomic E-state index is 13.8. The van der Waals surface area contributed by atoms with Crippen LogP contribution in [0.1, 0.15) is 5.56 Å². The molecule has 1 aromatic carbocycles. The highest BCUT2D eigenvalue weighted by Gasteiger charge is 2.28. The van der Waals surface area contributed by atoms with Crippen LogP contribution in [0.3, 0.4) is 0 Å². The molecule has 4 nitrogen and oxygen atoms in total. The number of anilines is 1. The van der Waals surface area contributed by atoms with Gasteiger partial charge in [-0.1, -0.05) is 23.2 Å². The van der Waals surface area contributed by atoms with Crippen molar-refractivity contribution in [2.24, 2.45) is 0 Å². The summed E-state index contributed by atoms with van der Waals surface area (Å²) >= 11 is 12.2. The third-order valence-electron chi connectivity index (χ3n) is 4.29. The van der Waals surface area contributed by atoms with Crippen molar-refractivity contribution in [3.63, 3.8) is 0 Å². The molecule has 128 valence electrons. The zero-order valence-electron chi connectivity index (χ0n) is 13.4. The minimum Gasteiger partial charge on any atom is -0.494 e. The Morgan fingerprint density at radius 3 is 2.62 bits per heavy atom. The Labute approximate surface area is 150 Å². The summed E-state index contributed by atoms with van der Waals surface area (Å²) in [5.74, 6) is 0.873. The van der Waals surface area contributed by atoms with Gasteiger partial charge in [0, 0.05) is 5.56 Å². The van der Waals surface area contributed by atoms with Gasteiger partial charge in [0.2, 0.25) is 0 Å². The fraction of sp³-hybridized carbons (Fsp3) is 0.353. The van der Waals surface area contributed by atoms with Gasteiger partial charge in [0.1, 0.15) is 43.9 Å². The van der Waals surface area contributed by atoms with Gasteiger partial charge < -0.3 is 9.64 Å². The average molecular weight is 372 g/mol. The summed E-state index contributed by atoms with van der Waals surface area (Å²) in [5, 5.41) is 1.22. The van der Waals surface area contributed by atoms with Crippen LogP contribution in [0.25, 0.3) is 0 Å². The van der Waals surface area contributed by atoms with Crippen LogP contribution in [-0.4, -0.2) is 33.3 Å². The number of aromatic amines is 1. The lowest BCUT2D eigenvalue weighted by molar-refractivity contribution is -0.914. The van der Waals surface area contributed by atoms with Crippen LogP contribution in [0.5, 0.6) is 5.75 Å². The lowest BCUT2D eigenvalue weighted by Gasteiger charge is -2.28. The molecule has 1 aromatic heterocycles. The quantitative estimate of drug-likeness (QED) is 0.889. The number of quaternary nitrogens is 1. The fourth-order valence-electron chi connectivity index (χ4n) is 3.01. The molecular formula is C17H20Cl2FN3O+2. The number of pyridine rings is 1. The summed E-state index contributed by atoms with van der Waals surface area (Å²) < 4.78 is 18.8. The predicted octanol–water partition coefficient (Wildman–Crippen LogP) is 1.86. The van der Waals surface area contributed by atoms with Crippen molar-refractivity contribution in [1.82, 2.24) is 0 Å². The second-order valence-electron chi connectivity index (χ2n) is 5.90. The SMILES string of the molecule is COc1ccc(C[NH+]2CCN(c3[nH+]cc(Cl)cc3Cl)CC2)cc1F. The zero-order chi connectivity index (χ0) is 17.1. The second kappa shape index (κ2) is 7.55. The van der Waals surface area contributed by atoms with Gasteiger partial charge in [0.25, 0.3) is 5.82 Å². The van der Waals surface area contributed by atoms with Crippen LogP contribution in [0.15, 0.2) is 30.5 Å². The number of hydrogen-bond acceptors (Lipinski definition) is 2. The Kier molecular flexibility index (Phi) is 5.43. The molecule has 1 saturated heterocycles. The summed E-state index contributed by atoms with van der Waals surface area (Å²) in [6, 6.07) is 6.91. The maximum atomic E-state index is 13.8. The zero-order valence-corrected chi connectivity index (χ0v) is 14.9. The maximum Gasteiger partial charge on any atom is 0.293 e. The molecular weight excluding hydrogens is 352 g/mol. The van der Waals surface area contributed by atoms with Crippen molar-refractivity contribution in [3.05, 3.63) is 51.9 Å². The molecule has 0 amide bonds. The van der Waals surface area contributed by atoms with E-state index >= 15 is 0 Å². The Morgan fingerprint density at radius 2 is 2.00 bits per heavy atom. The number of methoxy groups -OCH3 is 1. The Bertz CT molecular complexity index is 721. The number of benzene rings is 1. The number of hydrogen-bond donors (Lipinski definition) is 1. The van der Waals surface area contributed by atoms with Crippen LogP contribution in [0.2, 0.25) is 10.0 Å². The lowest BCUT2D eigenvalue weighted by atomic mass is 10.2. The molecule has 2 aromatic rings. The lowest BCUT2D eigenvalue weighted by Crippen LogP contribution is -3.13. The number of H-pyrrole nitrogens is 1. The number of aromatic nitrogens is 1. The van der Waals surface area contributed by atoms with E-state index in [9.17, 15) is 4.39 Å². The molecule has 1 aliphatic heterocycles. The molecule has 0 bridgehead atoms. The Morgan fingerprint density at radius 1 is 1.25 bits per heavy atom. The van der Waals surface area contributed by atoms with Gasteiger partial charge in [0.15, 0.2) is 11.6 Å². The van der Waals surface area contributed by atoms with E-state index in [-0.39, 0.29) is 11.6 Å². The van der Waals surface area contributed by atoms with Crippen LogP contribution >= 0.6 is 23.2 Å². The summed E-state index contributed by atoms with van der Waals surface area (Å²) in [7, 11) is 1.47. The summed E-state index contributed by atoms with van der Waals surface area (Å²) in [5.41, 5.74) is 0.979. The van der Waals surface area contributed by atoms with Crippen molar-refractivity contribution < 1.29 is 19.0 Å². The molecule has 2 N–H and O–H groups in total. The number of nitrogens with one attached hydrogen (secondary N) is 2. The molecule has 0 spiro atoms. The van der Waals surface area contributed by atoms with E-state index in [0.29, 0.717) is 10.0 Å². The van der Waals surface area contributed by atoms with E-state index in [1.165, 1.54) is 12.0 Å². The largest absolute Gasteiger partial charge is 0.494 e. The second-order valence-corrected chi connectivity index (χ2v) is 6.74. The van der Waals surface area contributed by atoms with Crippen molar-refractivity contribution >= 4 is 29.0 Å². The first kappa shape index (κ1) is 17.3. The van der Waals surface area contributed by atoms with E-state index in [1.54, 1.807) is 24.4 Å². The minimum absolute atomic E-state index is 0.284. The van der Waals surface area contributed by atoms with Gasteiger partial charge in [-0.3, -0.25) is 0 Å². The first-order valence-electron chi connectivity index (χ1n) is 7.84. The first-order valence-corrected chi connectivity index (χ1v) is 8.60. The van der Waals surface area contributed by atoms with Gasteiger partial charge in [-0.15, -0.1) is 0 Å². The number of rotatable bonds is 4. The first-order chi connectivity index (χ1) is 11.6. The van der Waals surface area contributed by atoms with Gasteiger partial charge in [0.05, 0.1) is 12.1 Å². The third-order valence-corrected chi connectivity index (χ3v) is 4.80. The molecule has 0 aliphatic carbocycles. The van der Waals surface area contributed by atoms with Gasteiger partial charge in [-0.25, -0.2) is 14.3 Å². The van der Waals surface area contributed by atoms with Gasteiger partial charge in [-0.2, -0.15) is 0 Å². The highest BCUT2D eigenvalue weighted by atomic mass is 35.5. The van der Waals surface area contributed by atoms with Crippen LogP contribution in [0, 0.1) is 5.82 Å². The average Bonchev–Trinajstić information content (AvgIpc) is 2.56. The van der Waals surface area contributed by atoms with Crippen LogP contribution < -0.4 is 19.5 Å². The topological polar surface area (TPSA) is 31.1 Å². The predicted molar refractivity (Wildman–Crippen MR) is 92.6 cm³/mol. The Hall–Kier alpha value is -1.56. The van der Waals surface area contributed by atoms with Crippen LogP contribution in [-0.2, 0) is 6.54 Å². The molecule has 0 atom stereocenters. The van der Waals surface area contributed by atoms with Crippen molar-refractivity contribution in [3.8, 4) is 5.75 Å². The molecule has 24 heavy (non-hydrogen) atoms. The van der Waals surface area contributed by atoms with E-state index in [2.05, 4.69) is 9.88 Å². The molecule has 0 unspecified atom stereocenters. The van der Waals surface area contributed by atoms with Crippen molar-refractivity contribution in [1.29, 1.82) is 0 Å². The summed E-state index contributed by atoms with van der Waals surface area (Å²) in [6.07, 6.45) is 1.74. The van der Waals surface area contributed by atoms with Crippen LogP contribution in [0.4, 0.5) is 10.2 Å². The van der Waals surface area contributed by atoms with Gasteiger partial charge in [-0.05, 0) is 24.3 Å². The molecule has 0 radical (unpaired) electrons. The standard InChI is InChI=1S/C17H18Cl2FN3O/c1-24-16-3-2-12(8-15(16)20)11-22-4-6-23(7-5-22)17-14(19)9-13(18)10-21-17/h2-3,8-10H,4-7,11H2,1H3/p+2. The summed E-state index contributed by atoms with van der Waals surface area (Å²) in [4.78, 5) is 6.79. The van der Waals surface area contributed by atoms with E-state index in [0.717, 1.165) is 44.1 Å². The highest BCUT2D eigenvalue weighted by molar-refractivity contribution is 6.35. The smallest absolute Gasteiger partial charge is 0.293 e. The molecule has 3 rings (SSSR count). The fourth-order valence-corrected chi connectivity index (χ4v) is 3.52. The minimum atomic E-state index is -0.310. The molecule has 1 fully saturated rings. The third kappa shape index (κ3) is 3.91. The van der Waals surface area contributed by atoms with Crippen molar-refractivity contribution in [2.75, 3.05) is 38.2 Å². The number of nitrogens with zero attached hydrogens (tertiary/aromatic N) is 1. The van der Waals surface area contributed by atoms with E-state index < -0.39 is 0 Å². The molecule has 7 heteroatoms. The highest BCUT2D eigenvalue weighted by Crippen LogP contribution is 2.23. The Balaban J connectivity index is 1.60. The van der Waals surface area contributed by atoms with Crippen molar-refractivity contribution in [2.45, 2.75) is 6.54 Å². The molecule has 1 aliphatic rings. The van der Waals surface area contributed by atoms with E-state index in [1.807, 2.05) is 6.07 Å². The van der Waals surface area contributed by atoms with Gasteiger partial charge >= 0.3 is 0 Å². The normalized spacial score (nSPS) is 15.6. The summed E-state index contributed by atoms with van der Waals surface area (Å²) in [6.45, 7) is 4.48. The molecule has 2 heterocycles. The monoisotopic (exact) mass is 371 g/mol. The number of ether oxygens (including phenoxy) is 1.